The van der Waals surface area contributed by atoms with Crippen molar-refractivity contribution in [3.05, 3.63) is 0 Å². The lowest BCUT2D eigenvalue weighted by Crippen LogP contribution is -2.45. The van der Waals surface area contributed by atoms with E-state index < -0.39 is 0 Å². The molecule has 2 N–H and O–H groups in total. The van der Waals surface area contributed by atoms with Gasteiger partial charge in [0.2, 0.25) is 0 Å². The van der Waals surface area contributed by atoms with Crippen LogP contribution in [0, 0.1) is 0 Å². The Balaban J connectivity index is 1.88. The van der Waals surface area contributed by atoms with Gasteiger partial charge >= 0.3 is 0 Å². The minimum absolute atomic E-state index is 0.286. The number of hydrogen-bond acceptors (Lipinski definition) is 3. The molecule has 0 amide bonds. The summed E-state index contributed by atoms with van der Waals surface area (Å²) in [7, 11) is 0. The Morgan fingerprint density at radius 3 is 2.83 bits per heavy atom. The Hall–Kier alpha value is -0.120. The van der Waals surface area contributed by atoms with Crippen molar-refractivity contribution in [2.45, 2.75) is 38.3 Å². The normalized spacial score (nSPS) is 28.5. The Kier molecular flexibility index (Phi) is 4.58. The average molecular weight is 173 g/mol. The molecule has 0 saturated heterocycles. The highest BCUT2D eigenvalue weighted by Gasteiger charge is 2.28. The molecule has 0 unspecified atom stereocenters. The largest absolute Gasteiger partial charge is 0.396 e. The fourth-order valence-corrected chi connectivity index (χ4v) is 1.49. The first-order valence-corrected chi connectivity index (χ1v) is 4.82. The van der Waals surface area contributed by atoms with Gasteiger partial charge in [0.25, 0.3) is 0 Å². The van der Waals surface area contributed by atoms with Crippen molar-refractivity contribution in [3.63, 3.8) is 0 Å². The monoisotopic (exact) mass is 173 g/mol. The number of nitrogens with one attached hydrogen (secondary N) is 1. The second-order valence-corrected chi connectivity index (χ2v) is 3.28. The van der Waals surface area contributed by atoms with E-state index >= 15 is 0 Å². The van der Waals surface area contributed by atoms with E-state index in [0.717, 1.165) is 32.4 Å². The molecule has 0 heterocycles. The van der Waals surface area contributed by atoms with Crippen LogP contribution in [0.5, 0.6) is 0 Å². The highest BCUT2D eigenvalue weighted by atomic mass is 16.5. The molecular weight excluding hydrogens is 154 g/mol. The van der Waals surface area contributed by atoms with Crippen LogP contribution in [0.15, 0.2) is 0 Å². The van der Waals surface area contributed by atoms with Crippen molar-refractivity contribution in [2.24, 2.45) is 0 Å². The van der Waals surface area contributed by atoms with Crippen LogP contribution in [-0.2, 0) is 4.74 Å². The first-order valence-electron chi connectivity index (χ1n) is 4.82. The molecule has 0 aromatic heterocycles. The molecule has 1 rings (SSSR count). The van der Waals surface area contributed by atoms with Crippen LogP contribution in [0.4, 0.5) is 0 Å². The van der Waals surface area contributed by atoms with Gasteiger partial charge in [0.05, 0.1) is 6.10 Å². The molecule has 1 fully saturated rings. The third-order valence-corrected chi connectivity index (χ3v) is 2.27. The Labute approximate surface area is 74.1 Å². The van der Waals surface area contributed by atoms with Gasteiger partial charge in [-0.2, -0.15) is 0 Å². The molecule has 12 heavy (non-hydrogen) atoms. The van der Waals surface area contributed by atoms with Gasteiger partial charge in [0, 0.05) is 19.3 Å². The van der Waals surface area contributed by atoms with E-state index in [1.807, 2.05) is 6.92 Å². The molecule has 0 aliphatic heterocycles. The lowest BCUT2D eigenvalue weighted by Gasteiger charge is -2.35. The van der Waals surface area contributed by atoms with Crippen molar-refractivity contribution in [1.82, 2.24) is 5.32 Å². The van der Waals surface area contributed by atoms with Gasteiger partial charge in [0.1, 0.15) is 0 Å². The number of aliphatic hydroxyl groups is 1. The zero-order chi connectivity index (χ0) is 8.81. The highest BCUT2D eigenvalue weighted by molar-refractivity contribution is 4.85. The van der Waals surface area contributed by atoms with Gasteiger partial charge in [0.15, 0.2) is 0 Å². The molecule has 0 radical (unpaired) electrons. The fraction of sp³-hybridized carbons (Fsp3) is 1.00. The smallest absolute Gasteiger partial charge is 0.0604 e. The van der Waals surface area contributed by atoms with Gasteiger partial charge in [-0.3, -0.25) is 0 Å². The quantitative estimate of drug-likeness (QED) is 0.576. The predicted octanol–water partition coefficient (Wildman–Crippen LogP) is 0.526. The van der Waals surface area contributed by atoms with Gasteiger partial charge in [-0.05, 0) is 32.7 Å². The number of hydrogen-bond donors (Lipinski definition) is 2. The van der Waals surface area contributed by atoms with Crippen molar-refractivity contribution < 1.29 is 9.84 Å². The standard InChI is InChI=1S/C9H19NO2/c1-2-12-9-6-8(7-9)10-4-3-5-11/h8-11H,2-7H2,1H3. The number of aliphatic hydroxyl groups excluding tert-OH is 1. The summed E-state index contributed by atoms with van der Waals surface area (Å²) in [6, 6.07) is 0.632. The second-order valence-electron chi connectivity index (χ2n) is 3.28. The molecule has 0 spiro atoms. The number of ether oxygens (including phenoxy) is 1. The average Bonchev–Trinajstić information content (AvgIpc) is 2.00. The molecule has 0 aromatic rings. The maximum absolute atomic E-state index is 8.54. The fourth-order valence-electron chi connectivity index (χ4n) is 1.49. The summed E-state index contributed by atoms with van der Waals surface area (Å²) in [4.78, 5) is 0. The zero-order valence-corrected chi connectivity index (χ0v) is 7.75. The van der Waals surface area contributed by atoms with E-state index in [0.29, 0.717) is 12.1 Å². The molecule has 3 nitrogen and oxygen atoms in total. The van der Waals surface area contributed by atoms with Crippen LogP contribution in [-0.4, -0.2) is 37.0 Å². The van der Waals surface area contributed by atoms with Crippen molar-refractivity contribution in [2.75, 3.05) is 19.8 Å². The molecule has 1 saturated carbocycles. The Morgan fingerprint density at radius 2 is 2.25 bits per heavy atom. The lowest BCUT2D eigenvalue weighted by atomic mass is 9.89. The van der Waals surface area contributed by atoms with E-state index in [1.165, 1.54) is 0 Å². The molecule has 0 atom stereocenters. The van der Waals surface area contributed by atoms with Gasteiger partial charge in [-0.1, -0.05) is 0 Å². The molecular formula is C9H19NO2. The molecule has 3 heteroatoms. The summed E-state index contributed by atoms with van der Waals surface area (Å²) in [5.41, 5.74) is 0. The van der Waals surface area contributed by atoms with E-state index in [-0.39, 0.29) is 6.61 Å². The molecule has 0 bridgehead atoms. The van der Waals surface area contributed by atoms with Crippen molar-refractivity contribution in [1.29, 1.82) is 0 Å². The minimum Gasteiger partial charge on any atom is -0.396 e. The Morgan fingerprint density at radius 1 is 1.50 bits per heavy atom. The minimum atomic E-state index is 0.286. The first kappa shape index (κ1) is 9.96. The van der Waals surface area contributed by atoms with Gasteiger partial charge in [-0.25, -0.2) is 0 Å². The Bertz CT molecular complexity index is 110. The molecule has 1 aliphatic rings. The first-order chi connectivity index (χ1) is 5.86. The van der Waals surface area contributed by atoms with Crippen LogP contribution in [0.3, 0.4) is 0 Å². The summed E-state index contributed by atoms with van der Waals surface area (Å²) >= 11 is 0. The summed E-state index contributed by atoms with van der Waals surface area (Å²) in [5, 5.41) is 11.9. The summed E-state index contributed by atoms with van der Waals surface area (Å²) in [6.07, 6.45) is 3.62. The van der Waals surface area contributed by atoms with E-state index in [4.69, 9.17) is 9.84 Å². The highest BCUT2D eigenvalue weighted by Crippen LogP contribution is 2.22. The van der Waals surface area contributed by atoms with Crippen molar-refractivity contribution in [3.8, 4) is 0 Å². The SMILES string of the molecule is CCOC1CC(NCCCO)C1. The van der Waals surface area contributed by atoms with E-state index in [1.54, 1.807) is 0 Å². The summed E-state index contributed by atoms with van der Waals surface area (Å²) in [6.45, 7) is 4.08. The number of rotatable bonds is 6. The van der Waals surface area contributed by atoms with Gasteiger partial charge in [-0.15, -0.1) is 0 Å². The van der Waals surface area contributed by atoms with Crippen LogP contribution < -0.4 is 5.32 Å². The third-order valence-electron chi connectivity index (χ3n) is 2.27. The summed E-state index contributed by atoms with van der Waals surface area (Å²) in [5.74, 6) is 0. The van der Waals surface area contributed by atoms with Crippen molar-refractivity contribution >= 4 is 0 Å². The molecule has 72 valence electrons. The third kappa shape index (κ3) is 3.09. The summed E-state index contributed by atoms with van der Waals surface area (Å²) < 4.78 is 5.42. The second kappa shape index (κ2) is 5.51. The van der Waals surface area contributed by atoms with Gasteiger partial charge < -0.3 is 15.2 Å². The van der Waals surface area contributed by atoms with E-state index in [2.05, 4.69) is 5.32 Å². The van der Waals surface area contributed by atoms with Crippen LogP contribution in [0.1, 0.15) is 26.2 Å². The predicted molar refractivity (Wildman–Crippen MR) is 48.1 cm³/mol. The topological polar surface area (TPSA) is 41.5 Å². The maximum Gasteiger partial charge on any atom is 0.0604 e. The van der Waals surface area contributed by atoms with Crippen LogP contribution in [0.2, 0.25) is 0 Å². The molecule has 1 aliphatic carbocycles. The lowest BCUT2D eigenvalue weighted by molar-refractivity contribution is -0.00991. The zero-order valence-electron chi connectivity index (χ0n) is 7.75. The van der Waals surface area contributed by atoms with Crippen LogP contribution in [0.25, 0.3) is 0 Å². The van der Waals surface area contributed by atoms with Crippen LogP contribution >= 0.6 is 0 Å². The molecule has 0 aromatic carbocycles. The maximum atomic E-state index is 8.54. The van der Waals surface area contributed by atoms with E-state index in [9.17, 15) is 0 Å².